The third-order valence-electron chi connectivity index (χ3n) is 3.12. The Bertz CT molecular complexity index is 260. The number of ether oxygens (including phenoxy) is 1. The van der Waals surface area contributed by atoms with Gasteiger partial charge < -0.3 is 9.84 Å². The summed E-state index contributed by atoms with van der Waals surface area (Å²) in [5, 5.41) is 9.17. The third kappa shape index (κ3) is 5.04. The van der Waals surface area contributed by atoms with Crippen LogP contribution in [-0.4, -0.2) is 47.3 Å². The molecule has 0 bridgehead atoms. The lowest BCUT2D eigenvalue weighted by molar-refractivity contribution is -0.157. The SMILES string of the molecule is CC1CCC(CO)CN1CC(=O)OC(C)(C)C. The minimum atomic E-state index is -0.424. The van der Waals surface area contributed by atoms with E-state index in [1.807, 2.05) is 20.8 Å². The Labute approximate surface area is 104 Å². The number of carbonyl (C=O) groups excluding carboxylic acids is 1. The van der Waals surface area contributed by atoms with Gasteiger partial charge in [-0.15, -0.1) is 0 Å². The van der Waals surface area contributed by atoms with Crippen LogP contribution in [0.1, 0.15) is 40.5 Å². The van der Waals surface area contributed by atoms with E-state index in [9.17, 15) is 9.90 Å². The van der Waals surface area contributed by atoms with Gasteiger partial charge in [0.1, 0.15) is 5.60 Å². The molecule has 0 amide bonds. The third-order valence-corrected chi connectivity index (χ3v) is 3.12. The maximum absolute atomic E-state index is 11.7. The van der Waals surface area contributed by atoms with Gasteiger partial charge in [0.05, 0.1) is 6.54 Å². The number of hydrogen-bond acceptors (Lipinski definition) is 4. The van der Waals surface area contributed by atoms with Gasteiger partial charge in [0.2, 0.25) is 0 Å². The van der Waals surface area contributed by atoms with Gasteiger partial charge in [0.25, 0.3) is 0 Å². The van der Waals surface area contributed by atoms with E-state index in [0.29, 0.717) is 18.5 Å². The Hall–Kier alpha value is -0.610. The first-order valence-corrected chi connectivity index (χ1v) is 6.38. The molecule has 4 nitrogen and oxygen atoms in total. The van der Waals surface area contributed by atoms with Gasteiger partial charge in [-0.05, 0) is 46.5 Å². The van der Waals surface area contributed by atoms with Crippen LogP contribution in [0.25, 0.3) is 0 Å². The van der Waals surface area contributed by atoms with Crippen molar-refractivity contribution in [1.82, 2.24) is 4.90 Å². The average molecular weight is 243 g/mol. The standard InChI is InChI=1S/C13H25NO3/c1-10-5-6-11(9-15)7-14(10)8-12(16)17-13(2,3)4/h10-11,15H,5-9H2,1-4H3. The van der Waals surface area contributed by atoms with Crippen LogP contribution in [0.5, 0.6) is 0 Å². The fraction of sp³-hybridized carbons (Fsp3) is 0.923. The van der Waals surface area contributed by atoms with E-state index in [1.165, 1.54) is 0 Å². The zero-order valence-corrected chi connectivity index (χ0v) is 11.4. The molecule has 1 heterocycles. The lowest BCUT2D eigenvalue weighted by Gasteiger charge is -2.37. The van der Waals surface area contributed by atoms with Crippen LogP contribution in [0.3, 0.4) is 0 Å². The first kappa shape index (κ1) is 14.5. The lowest BCUT2D eigenvalue weighted by atomic mass is 9.94. The van der Waals surface area contributed by atoms with Crippen molar-refractivity contribution in [3.8, 4) is 0 Å². The summed E-state index contributed by atoms with van der Waals surface area (Å²) >= 11 is 0. The summed E-state index contributed by atoms with van der Waals surface area (Å²) in [5.74, 6) is 0.122. The van der Waals surface area contributed by atoms with Crippen molar-refractivity contribution >= 4 is 5.97 Å². The van der Waals surface area contributed by atoms with Crippen LogP contribution in [0.15, 0.2) is 0 Å². The van der Waals surface area contributed by atoms with Crippen LogP contribution in [0, 0.1) is 5.92 Å². The van der Waals surface area contributed by atoms with Gasteiger partial charge in [-0.1, -0.05) is 0 Å². The molecule has 1 aliphatic rings. The van der Waals surface area contributed by atoms with Crippen molar-refractivity contribution in [3.05, 3.63) is 0 Å². The molecule has 17 heavy (non-hydrogen) atoms. The number of aliphatic hydroxyl groups is 1. The molecule has 1 N–H and O–H groups in total. The first-order chi connectivity index (χ1) is 7.81. The minimum absolute atomic E-state index is 0.178. The molecule has 0 spiro atoms. The zero-order valence-electron chi connectivity index (χ0n) is 11.4. The number of likely N-dealkylation sites (tertiary alicyclic amines) is 1. The highest BCUT2D eigenvalue weighted by Crippen LogP contribution is 2.21. The molecule has 0 saturated carbocycles. The highest BCUT2D eigenvalue weighted by molar-refractivity contribution is 5.72. The van der Waals surface area contributed by atoms with E-state index in [1.54, 1.807) is 0 Å². The van der Waals surface area contributed by atoms with Crippen molar-refractivity contribution in [2.24, 2.45) is 5.92 Å². The fourth-order valence-corrected chi connectivity index (χ4v) is 2.17. The fourth-order valence-electron chi connectivity index (χ4n) is 2.17. The van der Waals surface area contributed by atoms with Crippen molar-refractivity contribution in [3.63, 3.8) is 0 Å². The van der Waals surface area contributed by atoms with Gasteiger partial charge >= 0.3 is 5.97 Å². The van der Waals surface area contributed by atoms with E-state index >= 15 is 0 Å². The molecule has 0 aromatic heterocycles. The van der Waals surface area contributed by atoms with Crippen LogP contribution in [0.4, 0.5) is 0 Å². The average Bonchev–Trinajstić information content (AvgIpc) is 2.18. The molecular formula is C13H25NO3. The molecule has 100 valence electrons. The maximum atomic E-state index is 11.7. The predicted octanol–water partition coefficient (Wildman–Crippen LogP) is 1.42. The number of nitrogens with zero attached hydrogens (tertiary/aromatic N) is 1. The molecule has 1 saturated heterocycles. The highest BCUT2D eigenvalue weighted by Gasteiger charge is 2.28. The van der Waals surface area contributed by atoms with Gasteiger partial charge in [0, 0.05) is 19.2 Å². The van der Waals surface area contributed by atoms with E-state index < -0.39 is 5.60 Å². The van der Waals surface area contributed by atoms with Gasteiger partial charge in [0.15, 0.2) is 0 Å². The van der Waals surface area contributed by atoms with E-state index in [4.69, 9.17) is 4.74 Å². The Kier molecular flexibility index (Phi) is 4.95. The topological polar surface area (TPSA) is 49.8 Å². The molecular weight excluding hydrogens is 218 g/mol. The Morgan fingerprint density at radius 2 is 2.06 bits per heavy atom. The largest absolute Gasteiger partial charge is 0.459 e. The van der Waals surface area contributed by atoms with E-state index in [0.717, 1.165) is 19.4 Å². The minimum Gasteiger partial charge on any atom is -0.459 e. The Morgan fingerprint density at radius 3 is 2.59 bits per heavy atom. The normalized spacial score (nSPS) is 26.9. The quantitative estimate of drug-likeness (QED) is 0.762. The second-order valence-electron chi connectivity index (χ2n) is 5.99. The zero-order chi connectivity index (χ0) is 13.1. The van der Waals surface area contributed by atoms with Crippen LogP contribution < -0.4 is 0 Å². The van der Waals surface area contributed by atoms with Crippen LogP contribution in [-0.2, 0) is 9.53 Å². The van der Waals surface area contributed by atoms with Crippen molar-refractivity contribution in [1.29, 1.82) is 0 Å². The molecule has 2 atom stereocenters. The van der Waals surface area contributed by atoms with Crippen molar-refractivity contribution in [2.45, 2.75) is 52.2 Å². The second kappa shape index (κ2) is 5.83. The molecule has 2 unspecified atom stereocenters. The predicted molar refractivity (Wildman–Crippen MR) is 66.7 cm³/mol. The summed E-state index contributed by atoms with van der Waals surface area (Å²) in [7, 11) is 0. The number of aliphatic hydroxyl groups excluding tert-OH is 1. The number of rotatable bonds is 3. The van der Waals surface area contributed by atoms with E-state index in [2.05, 4.69) is 11.8 Å². The van der Waals surface area contributed by atoms with Crippen LogP contribution in [0.2, 0.25) is 0 Å². The summed E-state index contributed by atoms with van der Waals surface area (Å²) in [5.41, 5.74) is -0.424. The number of piperidine rings is 1. The lowest BCUT2D eigenvalue weighted by Crippen LogP contribution is -2.46. The number of esters is 1. The summed E-state index contributed by atoms with van der Waals surface area (Å²) in [6.07, 6.45) is 2.08. The molecule has 1 rings (SSSR count). The Balaban J connectivity index is 2.46. The summed E-state index contributed by atoms with van der Waals surface area (Å²) in [6, 6.07) is 0.394. The number of hydrogen-bond donors (Lipinski definition) is 1. The van der Waals surface area contributed by atoms with Gasteiger partial charge in [-0.25, -0.2) is 0 Å². The molecule has 0 radical (unpaired) electrons. The van der Waals surface area contributed by atoms with Crippen molar-refractivity contribution in [2.75, 3.05) is 19.7 Å². The first-order valence-electron chi connectivity index (χ1n) is 6.38. The van der Waals surface area contributed by atoms with Gasteiger partial charge in [-0.2, -0.15) is 0 Å². The summed E-state index contributed by atoms with van der Waals surface area (Å²) < 4.78 is 5.31. The maximum Gasteiger partial charge on any atom is 0.320 e. The van der Waals surface area contributed by atoms with Crippen LogP contribution >= 0.6 is 0 Å². The number of carbonyl (C=O) groups is 1. The molecule has 1 fully saturated rings. The van der Waals surface area contributed by atoms with Gasteiger partial charge in [-0.3, -0.25) is 9.69 Å². The summed E-state index contributed by atoms with van der Waals surface area (Å²) in [6.45, 7) is 9.07. The van der Waals surface area contributed by atoms with Crippen molar-refractivity contribution < 1.29 is 14.6 Å². The highest BCUT2D eigenvalue weighted by atomic mass is 16.6. The Morgan fingerprint density at radius 1 is 1.41 bits per heavy atom. The summed E-state index contributed by atoms with van der Waals surface area (Å²) in [4.78, 5) is 13.9. The van der Waals surface area contributed by atoms with E-state index in [-0.39, 0.29) is 12.6 Å². The molecule has 1 aliphatic heterocycles. The molecule has 0 aromatic rings. The molecule has 4 heteroatoms. The second-order valence-corrected chi connectivity index (χ2v) is 5.99. The monoisotopic (exact) mass is 243 g/mol. The molecule has 0 aliphatic carbocycles. The molecule has 0 aromatic carbocycles. The smallest absolute Gasteiger partial charge is 0.320 e.